The molecule has 7 heteroatoms. The largest absolute Gasteiger partial charge is 0.502 e. The third-order valence-electron chi connectivity index (χ3n) is 1.81. The van der Waals surface area contributed by atoms with Crippen LogP contribution in [0.15, 0.2) is 0 Å². The highest BCUT2D eigenvalue weighted by atomic mass is 35.5. The lowest BCUT2D eigenvalue weighted by Crippen LogP contribution is -2.48. The molecule has 0 aromatic carbocycles. The van der Waals surface area contributed by atoms with Crippen molar-refractivity contribution in [2.45, 2.75) is 37.0 Å². The molecule has 0 aromatic heterocycles. The van der Waals surface area contributed by atoms with Crippen LogP contribution in [-0.4, -0.2) is 38.8 Å². The zero-order chi connectivity index (χ0) is 12.6. The Kier molecular flexibility index (Phi) is 9.51. The predicted octanol–water partition coefficient (Wildman–Crippen LogP) is 3.45. The van der Waals surface area contributed by atoms with Crippen molar-refractivity contribution in [3.8, 4) is 0 Å². The lowest BCUT2D eigenvalue weighted by molar-refractivity contribution is 0.0713. The summed E-state index contributed by atoms with van der Waals surface area (Å²) in [6.45, 7) is 7.23. The highest BCUT2D eigenvalue weighted by Gasteiger charge is 2.43. The first kappa shape index (κ1) is 17.0. The molecule has 1 atom stereocenters. The van der Waals surface area contributed by atoms with E-state index in [-0.39, 0.29) is 0 Å². The first-order valence-corrected chi connectivity index (χ1v) is 8.59. The van der Waals surface area contributed by atoms with Gasteiger partial charge in [0.1, 0.15) is 4.84 Å². The van der Waals surface area contributed by atoms with E-state index in [4.69, 9.17) is 48.1 Å². The van der Waals surface area contributed by atoms with Crippen LogP contribution in [0.4, 0.5) is 0 Å². The molecule has 0 saturated heterocycles. The molecule has 98 valence electrons. The maximum Gasteiger partial charge on any atom is 0.502 e. The molecule has 0 rings (SSSR count). The lowest BCUT2D eigenvalue weighted by Gasteiger charge is -2.30. The normalized spacial score (nSPS) is 14.4. The van der Waals surface area contributed by atoms with E-state index in [1.54, 1.807) is 0 Å². The second-order valence-corrected chi connectivity index (χ2v) is 7.40. The summed E-state index contributed by atoms with van der Waals surface area (Å²) in [4.78, 5) is -0.657. The van der Waals surface area contributed by atoms with Gasteiger partial charge in [0, 0.05) is 25.9 Å². The quantitative estimate of drug-likeness (QED) is 0.482. The van der Waals surface area contributed by atoms with Crippen molar-refractivity contribution in [3.05, 3.63) is 0 Å². The van der Waals surface area contributed by atoms with Gasteiger partial charge < -0.3 is 13.3 Å². The Bertz CT molecular complexity index is 166. The fourth-order valence-corrected chi connectivity index (χ4v) is 4.97. The fourth-order valence-electron chi connectivity index (χ4n) is 1.29. The van der Waals surface area contributed by atoms with Crippen molar-refractivity contribution in [1.29, 1.82) is 0 Å². The average molecular weight is 310 g/mol. The van der Waals surface area contributed by atoms with Gasteiger partial charge in [0.25, 0.3) is 0 Å². The topological polar surface area (TPSA) is 27.7 Å². The molecule has 0 aromatic rings. The van der Waals surface area contributed by atoms with Gasteiger partial charge in [-0.1, -0.05) is 0 Å². The predicted molar refractivity (Wildman–Crippen MR) is 70.6 cm³/mol. The fraction of sp³-hybridized carbons (Fsp3) is 1.00. The Morgan fingerprint density at radius 3 is 1.50 bits per heavy atom. The van der Waals surface area contributed by atoms with E-state index in [9.17, 15) is 0 Å². The molecule has 0 aliphatic rings. The van der Waals surface area contributed by atoms with Crippen LogP contribution in [0.3, 0.4) is 0 Å². The van der Waals surface area contributed by atoms with E-state index in [1.807, 2.05) is 20.8 Å². The highest BCUT2D eigenvalue weighted by molar-refractivity contribution is 6.62. The molecule has 0 aliphatic carbocycles. The van der Waals surface area contributed by atoms with Gasteiger partial charge in [-0.3, -0.25) is 0 Å². The molecule has 0 saturated carbocycles. The third-order valence-corrected chi connectivity index (χ3v) is 6.47. The molecule has 0 fully saturated rings. The molecular formula is C9H19Cl3O3Si. The van der Waals surface area contributed by atoms with Gasteiger partial charge in [-0.2, -0.15) is 0 Å². The Morgan fingerprint density at radius 2 is 1.25 bits per heavy atom. The Hall–Kier alpha value is 0.967. The van der Waals surface area contributed by atoms with Crippen molar-refractivity contribution >= 4 is 43.6 Å². The Morgan fingerprint density at radius 1 is 0.875 bits per heavy atom. The van der Waals surface area contributed by atoms with Gasteiger partial charge in [0.2, 0.25) is 0 Å². The standard InChI is InChI=1S/C9H19Cl3O3Si/c1-4-13-16(14-5-2,15-6-3)7-8(10)9(11)12/h8-9H,4-7H2,1-3H3. The number of halogens is 3. The summed E-state index contributed by atoms with van der Waals surface area (Å²) >= 11 is 17.5. The van der Waals surface area contributed by atoms with E-state index in [0.717, 1.165) is 0 Å². The van der Waals surface area contributed by atoms with Crippen LogP contribution in [0.1, 0.15) is 20.8 Å². The number of alkyl halides is 3. The zero-order valence-corrected chi connectivity index (χ0v) is 13.1. The van der Waals surface area contributed by atoms with Crippen LogP contribution in [-0.2, 0) is 13.3 Å². The molecule has 0 bridgehead atoms. The van der Waals surface area contributed by atoms with E-state index in [1.165, 1.54) is 0 Å². The molecule has 0 radical (unpaired) electrons. The van der Waals surface area contributed by atoms with Crippen LogP contribution < -0.4 is 0 Å². The highest BCUT2D eigenvalue weighted by Crippen LogP contribution is 2.26. The summed E-state index contributed by atoms with van der Waals surface area (Å²) in [6.07, 6.45) is 0. The van der Waals surface area contributed by atoms with Gasteiger partial charge in [-0.05, 0) is 20.8 Å². The minimum atomic E-state index is -2.72. The molecule has 0 aliphatic heterocycles. The van der Waals surface area contributed by atoms with Gasteiger partial charge in [-0.25, -0.2) is 0 Å². The van der Waals surface area contributed by atoms with E-state index >= 15 is 0 Å². The molecule has 0 amide bonds. The second-order valence-electron chi connectivity index (χ2n) is 3.04. The van der Waals surface area contributed by atoms with E-state index in [2.05, 4.69) is 0 Å². The zero-order valence-electron chi connectivity index (χ0n) is 9.84. The molecule has 1 unspecified atom stereocenters. The monoisotopic (exact) mass is 308 g/mol. The smallest absolute Gasteiger partial charge is 0.374 e. The molecule has 0 heterocycles. The SMILES string of the molecule is CCO[Si](CC(Cl)C(Cl)Cl)(OCC)OCC. The summed E-state index contributed by atoms with van der Waals surface area (Å²) in [5.41, 5.74) is 0. The molecule has 3 nitrogen and oxygen atoms in total. The lowest BCUT2D eigenvalue weighted by atomic mass is 10.5. The van der Waals surface area contributed by atoms with Crippen LogP contribution in [0.2, 0.25) is 6.04 Å². The summed E-state index contributed by atoms with van der Waals surface area (Å²) in [7, 11) is -2.72. The van der Waals surface area contributed by atoms with Crippen molar-refractivity contribution in [2.75, 3.05) is 19.8 Å². The van der Waals surface area contributed by atoms with Crippen molar-refractivity contribution in [2.24, 2.45) is 0 Å². The summed E-state index contributed by atoms with van der Waals surface area (Å²) in [5, 5.41) is -0.431. The van der Waals surface area contributed by atoms with Gasteiger partial charge in [0.05, 0.1) is 5.38 Å². The number of hydrogen-bond acceptors (Lipinski definition) is 3. The van der Waals surface area contributed by atoms with Crippen LogP contribution >= 0.6 is 34.8 Å². The average Bonchev–Trinajstić information content (AvgIpc) is 2.18. The summed E-state index contributed by atoms with van der Waals surface area (Å²) < 4.78 is 16.9. The summed E-state index contributed by atoms with van der Waals surface area (Å²) in [6, 6.07) is 0.418. The van der Waals surface area contributed by atoms with Gasteiger partial charge in [-0.15, -0.1) is 34.8 Å². The summed E-state index contributed by atoms with van der Waals surface area (Å²) in [5.74, 6) is 0. The van der Waals surface area contributed by atoms with Gasteiger partial charge >= 0.3 is 8.80 Å². The Balaban J connectivity index is 4.57. The maximum atomic E-state index is 6.04. The van der Waals surface area contributed by atoms with Gasteiger partial charge in [0.15, 0.2) is 0 Å². The van der Waals surface area contributed by atoms with E-state index < -0.39 is 19.0 Å². The maximum absolute atomic E-state index is 6.04. The minimum Gasteiger partial charge on any atom is -0.374 e. The Labute approximate surface area is 114 Å². The third kappa shape index (κ3) is 6.05. The van der Waals surface area contributed by atoms with Crippen LogP contribution in [0.25, 0.3) is 0 Å². The van der Waals surface area contributed by atoms with Crippen molar-refractivity contribution in [1.82, 2.24) is 0 Å². The van der Waals surface area contributed by atoms with Crippen LogP contribution in [0.5, 0.6) is 0 Å². The molecule has 0 spiro atoms. The molecule has 16 heavy (non-hydrogen) atoms. The minimum absolute atomic E-state index is 0.418. The first-order chi connectivity index (χ1) is 7.51. The molecular weight excluding hydrogens is 291 g/mol. The second kappa shape index (κ2) is 8.97. The van der Waals surface area contributed by atoms with E-state index in [0.29, 0.717) is 25.9 Å². The van der Waals surface area contributed by atoms with Crippen molar-refractivity contribution < 1.29 is 13.3 Å². The number of hydrogen-bond donors (Lipinski definition) is 0. The molecule has 0 N–H and O–H groups in total. The van der Waals surface area contributed by atoms with Crippen LogP contribution in [0, 0.1) is 0 Å². The van der Waals surface area contributed by atoms with Crippen molar-refractivity contribution in [3.63, 3.8) is 0 Å². The number of rotatable bonds is 9. The first-order valence-electron chi connectivity index (χ1n) is 5.35.